The van der Waals surface area contributed by atoms with Crippen LogP contribution in [0.3, 0.4) is 0 Å². The van der Waals surface area contributed by atoms with Crippen LogP contribution in [-0.4, -0.2) is 37.8 Å². The lowest BCUT2D eigenvalue weighted by Gasteiger charge is -2.20. The van der Waals surface area contributed by atoms with Crippen molar-refractivity contribution in [3.05, 3.63) is 87.6 Å². The number of fused-ring (bicyclic) bond motifs is 1. The van der Waals surface area contributed by atoms with E-state index in [4.69, 9.17) is 9.47 Å². The number of nitrogens with zero attached hydrogens (tertiary/aromatic N) is 3. The highest BCUT2D eigenvalue weighted by Crippen LogP contribution is 2.34. The fourth-order valence-electron chi connectivity index (χ4n) is 4.12. The van der Waals surface area contributed by atoms with Crippen LogP contribution in [0, 0.1) is 25.2 Å². The first-order valence-electron chi connectivity index (χ1n) is 11.3. The van der Waals surface area contributed by atoms with Crippen LogP contribution in [0.15, 0.2) is 48.7 Å². The third-order valence-corrected chi connectivity index (χ3v) is 6.08. The van der Waals surface area contributed by atoms with Crippen molar-refractivity contribution in [1.82, 2.24) is 10.3 Å². The van der Waals surface area contributed by atoms with Gasteiger partial charge in [0.15, 0.2) is 5.82 Å². The molecule has 4 rings (SSSR count). The Morgan fingerprint density at radius 3 is 2.71 bits per heavy atom. The molecule has 0 aliphatic carbocycles. The zero-order valence-corrected chi connectivity index (χ0v) is 19.7. The minimum atomic E-state index is -0.205. The van der Waals surface area contributed by atoms with E-state index in [0.29, 0.717) is 55.6 Å². The number of pyridine rings is 1. The fourth-order valence-corrected chi connectivity index (χ4v) is 4.12. The molecule has 0 saturated carbocycles. The Balaban J connectivity index is 0.00000342. The van der Waals surface area contributed by atoms with Gasteiger partial charge >= 0.3 is 0 Å². The summed E-state index contributed by atoms with van der Waals surface area (Å²) in [6, 6.07) is 15.7. The van der Waals surface area contributed by atoms with E-state index in [2.05, 4.69) is 47.6 Å². The predicted molar refractivity (Wildman–Crippen MR) is 132 cm³/mol. The molecule has 3 aromatic rings. The molecular weight excluding hydrogens is 428 g/mol. The highest BCUT2D eigenvalue weighted by Gasteiger charge is 2.29. The first kappa shape index (κ1) is 23.4. The van der Waals surface area contributed by atoms with Gasteiger partial charge in [-0.3, -0.25) is 15.0 Å². The van der Waals surface area contributed by atoms with Gasteiger partial charge < -0.3 is 9.47 Å². The molecule has 34 heavy (non-hydrogen) atoms. The van der Waals surface area contributed by atoms with Gasteiger partial charge in [-0.25, -0.2) is 4.98 Å². The molecule has 0 spiro atoms. The van der Waals surface area contributed by atoms with Gasteiger partial charge in [-0.2, -0.15) is 5.26 Å². The highest BCUT2D eigenvalue weighted by atomic mass is 16.5. The lowest BCUT2D eigenvalue weighted by Crippen LogP contribution is -2.33. The van der Waals surface area contributed by atoms with Gasteiger partial charge in [0.25, 0.3) is 5.91 Å². The molecule has 1 amide bonds. The van der Waals surface area contributed by atoms with Crippen molar-refractivity contribution >= 4 is 11.7 Å². The van der Waals surface area contributed by atoms with Gasteiger partial charge in [-0.1, -0.05) is 24.3 Å². The van der Waals surface area contributed by atoms with Crippen molar-refractivity contribution in [2.45, 2.75) is 26.9 Å². The van der Waals surface area contributed by atoms with E-state index in [0.717, 1.165) is 27.8 Å². The summed E-state index contributed by atoms with van der Waals surface area (Å²) in [6.45, 7) is 5.77. The number of carbonyl (C=O) groups is 1. The molecule has 2 heterocycles. The second-order valence-corrected chi connectivity index (χ2v) is 8.29. The van der Waals surface area contributed by atoms with Crippen LogP contribution >= 0.6 is 0 Å². The number of anilines is 1. The van der Waals surface area contributed by atoms with Gasteiger partial charge in [0.05, 0.1) is 31.0 Å². The molecule has 176 valence electrons. The molecule has 1 aliphatic heterocycles. The van der Waals surface area contributed by atoms with E-state index in [1.54, 1.807) is 23.2 Å². The maximum absolute atomic E-state index is 13.6. The Morgan fingerprint density at radius 2 is 1.97 bits per heavy atom. The van der Waals surface area contributed by atoms with Crippen LogP contribution in [0.25, 0.3) is 0 Å². The van der Waals surface area contributed by atoms with E-state index in [1.807, 2.05) is 20.0 Å². The zero-order valence-electron chi connectivity index (χ0n) is 19.7. The minimum absolute atomic E-state index is 0. The van der Waals surface area contributed by atoms with Crippen LogP contribution in [0.4, 0.5) is 5.82 Å². The Bertz CT molecular complexity index is 1240. The molecule has 2 aromatic carbocycles. The molecule has 0 fully saturated rings. The van der Waals surface area contributed by atoms with Crippen molar-refractivity contribution in [2.75, 3.05) is 31.8 Å². The van der Waals surface area contributed by atoms with E-state index < -0.39 is 0 Å². The standard InChI is InChI=1S/C27H28N4O3.H2/c1-18-19(2)25-24(14-23(18)13-20-6-8-21(9-7-20)16-33-17-29-3)27(32)31(11-12-34-25)26-22(15-28)5-4-10-30-26;/h4-10,14,29H,11-13,16-17H2,1-3H3;1H. The zero-order chi connectivity index (χ0) is 24.1. The summed E-state index contributed by atoms with van der Waals surface area (Å²) in [6.07, 6.45) is 2.29. The van der Waals surface area contributed by atoms with Crippen molar-refractivity contribution < 1.29 is 15.7 Å². The van der Waals surface area contributed by atoms with E-state index >= 15 is 0 Å². The number of rotatable bonds is 7. The van der Waals surface area contributed by atoms with Gasteiger partial charge in [0.2, 0.25) is 0 Å². The summed E-state index contributed by atoms with van der Waals surface area (Å²) in [5, 5.41) is 12.5. The largest absolute Gasteiger partial charge is 0.491 e. The number of aromatic nitrogens is 1. The minimum Gasteiger partial charge on any atom is -0.491 e. The molecule has 1 aliphatic rings. The third-order valence-electron chi connectivity index (χ3n) is 6.08. The number of nitriles is 1. The quantitative estimate of drug-likeness (QED) is 0.423. The Kier molecular flexibility index (Phi) is 7.21. The van der Waals surface area contributed by atoms with E-state index in [1.165, 1.54) is 0 Å². The van der Waals surface area contributed by atoms with E-state index in [9.17, 15) is 10.1 Å². The maximum Gasteiger partial charge on any atom is 0.263 e. The predicted octanol–water partition coefficient (Wildman–Crippen LogP) is 4.14. The maximum atomic E-state index is 13.6. The third kappa shape index (κ3) is 4.79. The van der Waals surface area contributed by atoms with Crippen LogP contribution in [0.1, 0.15) is 45.2 Å². The first-order chi connectivity index (χ1) is 16.5. The molecule has 0 atom stereocenters. The molecule has 0 radical (unpaired) electrons. The number of nitrogens with one attached hydrogen (secondary N) is 1. The SMILES string of the molecule is CNCOCc1ccc(Cc2cc3c(c(C)c2C)OCCN(c2ncccc2C#N)C3=O)cc1.[HH]. The number of carbonyl (C=O) groups excluding carboxylic acids is 1. The smallest absolute Gasteiger partial charge is 0.263 e. The number of hydrogen-bond acceptors (Lipinski definition) is 6. The monoisotopic (exact) mass is 458 g/mol. The molecule has 1 N–H and O–H groups in total. The first-order valence-corrected chi connectivity index (χ1v) is 11.3. The average molecular weight is 459 g/mol. The van der Waals surface area contributed by atoms with Gasteiger partial charge in [0.1, 0.15) is 18.4 Å². The molecular formula is C27H30N4O3. The molecule has 1 aromatic heterocycles. The van der Waals surface area contributed by atoms with Crippen molar-refractivity contribution in [3.63, 3.8) is 0 Å². The summed E-state index contributed by atoms with van der Waals surface area (Å²) in [5.41, 5.74) is 6.25. The summed E-state index contributed by atoms with van der Waals surface area (Å²) in [5.74, 6) is 0.770. The van der Waals surface area contributed by atoms with Crippen molar-refractivity contribution in [3.8, 4) is 11.8 Å². The lowest BCUT2D eigenvalue weighted by atomic mass is 9.93. The Labute approximate surface area is 201 Å². The molecule has 0 saturated heterocycles. The van der Waals surface area contributed by atoms with Gasteiger partial charge in [-0.05, 0) is 73.3 Å². The van der Waals surface area contributed by atoms with E-state index in [-0.39, 0.29) is 7.33 Å². The fraction of sp³-hybridized carbons (Fsp3) is 0.296. The molecule has 0 unspecified atom stereocenters. The molecule has 7 nitrogen and oxygen atoms in total. The summed E-state index contributed by atoms with van der Waals surface area (Å²) in [7, 11) is 1.85. The summed E-state index contributed by atoms with van der Waals surface area (Å²) in [4.78, 5) is 19.5. The highest BCUT2D eigenvalue weighted by molar-refractivity contribution is 6.08. The summed E-state index contributed by atoms with van der Waals surface area (Å²) < 4.78 is 11.5. The van der Waals surface area contributed by atoms with Gasteiger partial charge in [0, 0.05) is 7.62 Å². The summed E-state index contributed by atoms with van der Waals surface area (Å²) >= 11 is 0. The van der Waals surface area contributed by atoms with Gasteiger partial charge in [-0.15, -0.1) is 0 Å². The lowest BCUT2D eigenvalue weighted by molar-refractivity contribution is 0.0989. The normalized spacial score (nSPS) is 13.1. The van der Waals surface area contributed by atoms with Crippen LogP contribution in [0.5, 0.6) is 5.75 Å². The Hall–Kier alpha value is -3.73. The van der Waals surface area contributed by atoms with Crippen LogP contribution in [0.2, 0.25) is 0 Å². The van der Waals surface area contributed by atoms with Crippen molar-refractivity contribution in [2.24, 2.45) is 0 Å². The molecule has 7 heteroatoms. The second-order valence-electron chi connectivity index (χ2n) is 8.29. The number of amides is 1. The second kappa shape index (κ2) is 10.5. The number of ether oxygens (including phenoxy) is 2. The number of benzene rings is 2. The Morgan fingerprint density at radius 1 is 1.21 bits per heavy atom. The van der Waals surface area contributed by atoms with Crippen molar-refractivity contribution in [1.29, 1.82) is 5.26 Å². The van der Waals surface area contributed by atoms with Crippen LogP contribution < -0.4 is 15.0 Å². The number of hydrogen-bond donors (Lipinski definition) is 1. The molecule has 0 bridgehead atoms. The average Bonchev–Trinajstić information content (AvgIpc) is 3.02. The topological polar surface area (TPSA) is 87.5 Å². The van der Waals surface area contributed by atoms with Crippen LogP contribution in [-0.2, 0) is 17.8 Å².